The summed E-state index contributed by atoms with van der Waals surface area (Å²) >= 11 is 7.47. The minimum absolute atomic E-state index is 0.0151. The van der Waals surface area contributed by atoms with Gasteiger partial charge in [0.05, 0.1) is 30.0 Å². The largest absolute Gasteiger partial charge is 0.391 e. The molecule has 1 fully saturated rings. The third-order valence-electron chi connectivity index (χ3n) is 2.84. The number of hydrogen-bond acceptors (Lipinski definition) is 6. The Bertz CT molecular complexity index is 569. The molecule has 18 heavy (non-hydrogen) atoms. The second kappa shape index (κ2) is 4.97. The highest BCUT2D eigenvalue weighted by Gasteiger charge is 2.18. The number of rotatable bonds is 2. The number of aliphatic hydroxyl groups excluding tert-OH is 1. The summed E-state index contributed by atoms with van der Waals surface area (Å²) in [5.41, 5.74) is 0.797. The van der Waals surface area contributed by atoms with Crippen LogP contribution in [0.25, 0.3) is 10.2 Å². The molecular weight excluding hydrogens is 274 g/mol. The van der Waals surface area contributed by atoms with Crippen molar-refractivity contribution in [3.8, 4) is 0 Å². The normalized spacial score (nSPS) is 16.4. The molecule has 3 rings (SSSR count). The number of nitrogens with zero attached hydrogens (tertiary/aromatic N) is 3. The van der Waals surface area contributed by atoms with Gasteiger partial charge < -0.3 is 14.7 Å². The molecule has 0 atom stereocenters. The Hall–Kier alpha value is -0.950. The molecule has 0 aromatic carbocycles. The quantitative estimate of drug-likeness (QED) is 0.851. The van der Waals surface area contributed by atoms with E-state index in [1.165, 1.54) is 11.3 Å². The molecule has 0 aliphatic carbocycles. The molecule has 0 amide bonds. The highest BCUT2D eigenvalue weighted by atomic mass is 35.5. The molecule has 0 saturated carbocycles. The van der Waals surface area contributed by atoms with Crippen LogP contribution in [0.5, 0.6) is 0 Å². The molecule has 2 aromatic heterocycles. The second-order valence-electron chi connectivity index (χ2n) is 4.00. The zero-order chi connectivity index (χ0) is 12.5. The predicted octanol–water partition coefficient (Wildman–Crippen LogP) is 1.67. The number of thiophene rings is 1. The number of aliphatic hydroxyl groups is 1. The summed E-state index contributed by atoms with van der Waals surface area (Å²) < 4.78 is 6.31. The van der Waals surface area contributed by atoms with Crippen molar-refractivity contribution in [3.05, 3.63) is 16.2 Å². The average Bonchev–Trinajstić information content (AvgIpc) is 2.81. The molecule has 0 unspecified atom stereocenters. The third-order valence-corrected chi connectivity index (χ3v) is 4.12. The average molecular weight is 286 g/mol. The molecule has 3 heterocycles. The summed E-state index contributed by atoms with van der Waals surface area (Å²) in [7, 11) is 0. The van der Waals surface area contributed by atoms with Crippen LogP contribution in [0.3, 0.4) is 0 Å². The van der Waals surface area contributed by atoms with Crippen LogP contribution in [0.4, 0.5) is 5.82 Å². The predicted molar refractivity (Wildman–Crippen MR) is 71.4 cm³/mol. The fourth-order valence-corrected chi connectivity index (χ4v) is 3.15. The van der Waals surface area contributed by atoms with Crippen molar-refractivity contribution >= 4 is 39.0 Å². The summed E-state index contributed by atoms with van der Waals surface area (Å²) in [6.07, 6.45) is 0. The fourth-order valence-electron chi connectivity index (χ4n) is 2.00. The van der Waals surface area contributed by atoms with Crippen molar-refractivity contribution in [3.63, 3.8) is 0 Å². The Morgan fingerprint density at radius 3 is 2.89 bits per heavy atom. The topological polar surface area (TPSA) is 58.5 Å². The Balaban J connectivity index is 2.10. The Morgan fingerprint density at radius 1 is 1.39 bits per heavy atom. The molecule has 2 aromatic rings. The van der Waals surface area contributed by atoms with Crippen molar-refractivity contribution in [1.29, 1.82) is 0 Å². The van der Waals surface area contributed by atoms with E-state index < -0.39 is 0 Å². The third kappa shape index (κ3) is 2.16. The van der Waals surface area contributed by atoms with Crippen molar-refractivity contribution in [2.45, 2.75) is 6.61 Å². The van der Waals surface area contributed by atoms with Gasteiger partial charge in [-0.05, 0) is 17.7 Å². The van der Waals surface area contributed by atoms with Gasteiger partial charge in [-0.15, -0.1) is 11.3 Å². The maximum Gasteiger partial charge on any atom is 0.224 e. The fraction of sp³-hybridized carbons (Fsp3) is 0.455. The van der Waals surface area contributed by atoms with Gasteiger partial charge in [-0.1, -0.05) is 0 Å². The number of hydrogen-bond donors (Lipinski definition) is 1. The van der Waals surface area contributed by atoms with E-state index in [1.54, 1.807) is 0 Å². The summed E-state index contributed by atoms with van der Waals surface area (Å²) in [6, 6.07) is 1.86. The van der Waals surface area contributed by atoms with E-state index in [-0.39, 0.29) is 11.9 Å². The zero-order valence-electron chi connectivity index (χ0n) is 9.60. The van der Waals surface area contributed by atoms with Gasteiger partial charge >= 0.3 is 0 Å². The molecule has 1 N–H and O–H groups in total. The first-order chi connectivity index (χ1) is 8.78. The van der Waals surface area contributed by atoms with Crippen LogP contribution in [0.1, 0.15) is 4.88 Å². The Morgan fingerprint density at radius 2 is 2.17 bits per heavy atom. The van der Waals surface area contributed by atoms with E-state index in [0.717, 1.165) is 34.0 Å². The molecule has 1 saturated heterocycles. The number of anilines is 1. The maximum absolute atomic E-state index is 9.20. The van der Waals surface area contributed by atoms with Crippen LogP contribution in [0.2, 0.25) is 5.28 Å². The van der Waals surface area contributed by atoms with Gasteiger partial charge in [0.25, 0.3) is 0 Å². The zero-order valence-corrected chi connectivity index (χ0v) is 11.2. The lowest BCUT2D eigenvalue weighted by Crippen LogP contribution is -2.36. The van der Waals surface area contributed by atoms with E-state index in [2.05, 4.69) is 14.9 Å². The van der Waals surface area contributed by atoms with Gasteiger partial charge in [0.15, 0.2) is 5.82 Å². The van der Waals surface area contributed by atoms with Crippen LogP contribution in [-0.4, -0.2) is 41.4 Å². The maximum atomic E-state index is 9.20. The molecule has 1 aliphatic heterocycles. The van der Waals surface area contributed by atoms with E-state index in [4.69, 9.17) is 16.3 Å². The van der Waals surface area contributed by atoms with Crippen molar-refractivity contribution in [2.24, 2.45) is 0 Å². The standard InChI is InChI=1S/C11H12ClN3O2S/c12-11-13-8-5-7(6-16)18-9(8)10(14-11)15-1-3-17-4-2-15/h5,16H,1-4,6H2. The van der Waals surface area contributed by atoms with Gasteiger partial charge in [0.1, 0.15) is 0 Å². The van der Waals surface area contributed by atoms with E-state index in [0.29, 0.717) is 13.2 Å². The Kier molecular flexibility index (Phi) is 3.34. The number of ether oxygens (including phenoxy) is 1. The molecule has 5 nitrogen and oxygen atoms in total. The van der Waals surface area contributed by atoms with Crippen molar-refractivity contribution < 1.29 is 9.84 Å². The minimum atomic E-state index is 0.0151. The smallest absolute Gasteiger partial charge is 0.224 e. The number of morpholine rings is 1. The van der Waals surface area contributed by atoms with E-state index >= 15 is 0 Å². The van der Waals surface area contributed by atoms with Crippen LogP contribution in [0, 0.1) is 0 Å². The minimum Gasteiger partial charge on any atom is -0.391 e. The lowest BCUT2D eigenvalue weighted by Gasteiger charge is -2.28. The van der Waals surface area contributed by atoms with Crippen LogP contribution < -0.4 is 4.90 Å². The van der Waals surface area contributed by atoms with Crippen LogP contribution in [0.15, 0.2) is 6.07 Å². The molecule has 96 valence electrons. The van der Waals surface area contributed by atoms with Crippen LogP contribution in [-0.2, 0) is 11.3 Å². The SMILES string of the molecule is OCc1cc2nc(Cl)nc(N3CCOCC3)c2s1. The van der Waals surface area contributed by atoms with Gasteiger partial charge in [0, 0.05) is 18.0 Å². The molecular formula is C11H12ClN3O2S. The number of halogens is 1. The van der Waals surface area contributed by atoms with Crippen molar-refractivity contribution in [2.75, 3.05) is 31.2 Å². The second-order valence-corrected chi connectivity index (χ2v) is 5.48. The summed E-state index contributed by atoms with van der Waals surface area (Å²) in [5, 5.41) is 9.45. The number of fused-ring (bicyclic) bond motifs is 1. The molecule has 7 heteroatoms. The first-order valence-corrected chi connectivity index (χ1v) is 6.87. The van der Waals surface area contributed by atoms with Gasteiger partial charge in [-0.3, -0.25) is 0 Å². The van der Waals surface area contributed by atoms with Gasteiger partial charge in [0.2, 0.25) is 5.28 Å². The molecule has 0 radical (unpaired) electrons. The summed E-state index contributed by atoms with van der Waals surface area (Å²) in [6.45, 7) is 3.01. The summed E-state index contributed by atoms with van der Waals surface area (Å²) in [4.78, 5) is 11.5. The van der Waals surface area contributed by atoms with Crippen LogP contribution >= 0.6 is 22.9 Å². The first kappa shape index (κ1) is 12.1. The lowest BCUT2D eigenvalue weighted by molar-refractivity contribution is 0.122. The summed E-state index contributed by atoms with van der Waals surface area (Å²) in [5.74, 6) is 0.845. The molecule has 0 spiro atoms. The highest BCUT2D eigenvalue weighted by Crippen LogP contribution is 2.33. The van der Waals surface area contributed by atoms with E-state index in [1.807, 2.05) is 6.07 Å². The van der Waals surface area contributed by atoms with Crippen molar-refractivity contribution in [1.82, 2.24) is 9.97 Å². The lowest BCUT2D eigenvalue weighted by atomic mass is 10.3. The first-order valence-electron chi connectivity index (χ1n) is 5.67. The molecule has 1 aliphatic rings. The number of aromatic nitrogens is 2. The van der Waals surface area contributed by atoms with Gasteiger partial charge in [-0.2, -0.15) is 4.98 Å². The Labute approximate surface area is 113 Å². The highest BCUT2D eigenvalue weighted by molar-refractivity contribution is 7.19. The molecule has 0 bridgehead atoms. The van der Waals surface area contributed by atoms with E-state index in [9.17, 15) is 5.11 Å². The van der Waals surface area contributed by atoms with Gasteiger partial charge in [-0.25, -0.2) is 4.98 Å². The monoisotopic (exact) mass is 285 g/mol.